The van der Waals surface area contributed by atoms with E-state index in [4.69, 9.17) is 5.26 Å². The van der Waals surface area contributed by atoms with E-state index >= 15 is 0 Å². The highest BCUT2D eigenvalue weighted by molar-refractivity contribution is 7.11. The van der Waals surface area contributed by atoms with Crippen LogP contribution in [-0.4, -0.2) is 10.1 Å². The third-order valence-electron chi connectivity index (χ3n) is 2.17. The molecule has 0 saturated carbocycles. The molecule has 84 valence electrons. The van der Waals surface area contributed by atoms with Gasteiger partial charge < -0.3 is 5.11 Å². The molecule has 0 amide bonds. The summed E-state index contributed by atoms with van der Waals surface area (Å²) >= 11 is 1.45. The second kappa shape index (κ2) is 4.81. The Morgan fingerprint density at radius 3 is 2.65 bits per heavy atom. The number of benzene rings is 1. The minimum Gasteiger partial charge on any atom is -0.508 e. The lowest BCUT2D eigenvalue weighted by Crippen LogP contribution is -1.81. The van der Waals surface area contributed by atoms with Gasteiger partial charge in [0.05, 0.1) is 5.57 Å². The van der Waals surface area contributed by atoms with E-state index in [1.807, 2.05) is 12.3 Å². The van der Waals surface area contributed by atoms with Crippen molar-refractivity contribution < 1.29 is 5.11 Å². The highest BCUT2D eigenvalue weighted by atomic mass is 32.1. The van der Waals surface area contributed by atoms with Gasteiger partial charge in [0.15, 0.2) is 0 Å². The van der Waals surface area contributed by atoms with Gasteiger partial charge in [-0.25, -0.2) is 4.98 Å². The second-order valence-corrected chi connectivity index (χ2v) is 4.41. The van der Waals surface area contributed by atoms with E-state index in [9.17, 15) is 5.11 Å². The largest absolute Gasteiger partial charge is 0.508 e. The van der Waals surface area contributed by atoms with Gasteiger partial charge in [-0.3, -0.25) is 0 Å². The quantitative estimate of drug-likeness (QED) is 0.822. The maximum Gasteiger partial charge on any atom is 0.134 e. The van der Waals surface area contributed by atoms with Gasteiger partial charge >= 0.3 is 0 Å². The molecule has 0 bridgehead atoms. The summed E-state index contributed by atoms with van der Waals surface area (Å²) in [6.07, 6.45) is 1.76. The molecule has 1 heterocycles. The summed E-state index contributed by atoms with van der Waals surface area (Å²) in [5.74, 6) is 0.214. The first-order valence-corrected chi connectivity index (χ1v) is 5.90. The van der Waals surface area contributed by atoms with Gasteiger partial charge in [-0.05, 0) is 30.7 Å². The number of nitriles is 1. The predicted octanol–water partition coefficient (Wildman–Crippen LogP) is 3.22. The summed E-state index contributed by atoms with van der Waals surface area (Å²) in [7, 11) is 0. The van der Waals surface area contributed by atoms with Crippen molar-refractivity contribution in [3.63, 3.8) is 0 Å². The molecule has 1 aromatic carbocycles. The molecule has 0 atom stereocenters. The number of rotatable bonds is 2. The normalized spacial score (nSPS) is 11.2. The lowest BCUT2D eigenvalue weighted by atomic mass is 10.1. The van der Waals surface area contributed by atoms with Crippen LogP contribution in [0.2, 0.25) is 0 Å². The molecule has 4 heteroatoms. The molecule has 1 N–H and O–H groups in total. The van der Waals surface area contributed by atoms with Crippen LogP contribution >= 0.6 is 11.3 Å². The van der Waals surface area contributed by atoms with Crippen molar-refractivity contribution in [2.24, 2.45) is 0 Å². The Labute approximate surface area is 103 Å². The standard InChI is InChI=1S/C13H10N2OS/c1-9-8-17-13(15-9)11(7-14)6-10-2-4-12(16)5-3-10/h2-6,8,16H,1H3. The Morgan fingerprint density at radius 2 is 2.12 bits per heavy atom. The maximum absolute atomic E-state index is 9.17. The summed E-state index contributed by atoms with van der Waals surface area (Å²) in [6, 6.07) is 8.84. The highest BCUT2D eigenvalue weighted by Gasteiger charge is 2.05. The fourth-order valence-corrected chi connectivity index (χ4v) is 2.12. The molecule has 0 aliphatic heterocycles. The van der Waals surface area contributed by atoms with Crippen LogP contribution in [0, 0.1) is 18.3 Å². The summed E-state index contributed by atoms with van der Waals surface area (Å²) in [5, 5.41) is 20.9. The first kappa shape index (κ1) is 11.4. The van der Waals surface area contributed by atoms with Crippen LogP contribution in [0.4, 0.5) is 0 Å². The molecule has 0 aliphatic rings. The van der Waals surface area contributed by atoms with Crippen molar-refractivity contribution in [1.82, 2.24) is 4.98 Å². The second-order valence-electron chi connectivity index (χ2n) is 3.56. The van der Waals surface area contributed by atoms with E-state index in [1.165, 1.54) is 11.3 Å². The topological polar surface area (TPSA) is 56.9 Å². The lowest BCUT2D eigenvalue weighted by molar-refractivity contribution is 0.475. The first-order valence-electron chi connectivity index (χ1n) is 5.02. The average Bonchev–Trinajstić information content (AvgIpc) is 2.75. The van der Waals surface area contributed by atoms with Crippen molar-refractivity contribution in [3.05, 3.63) is 45.9 Å². The van der Waals surface area contributed by atoms with Crippen LogP contribution in [0.3, 0.4) is 0 Å². The van der Waals surface area contributed by atoms with Crippen molar-refractivity contribution >= 4 is 23.0 Å². The van der Waals surface area contributed by atoms with E-state index in [0.29, 0.717) is 5.57 Å². The van der Waals surface area contributed by atoms with Crippen molar-refractivity contribution in [2.45, 2.75) is 6.92 Å². The zero-order chi connectivity index (χ0) is 12.3. The van der Waals surface area contributed by atoms with Gasteiger partial charge in [0.2, 0.25) is 0 Å². The van der Waals surface area contributed by atoms with Gasteiger partial charge in [-0.2, -0.15) is 5.26 Å². The van der Waals surface area contributed by atoms with Crippen LogP contribution in [-0.2, 0) is 0 Å². The zero-order valence-electron chi connectivity index (χ0n) is 9.21. The number of nitrogens with zero attached hydrogens (tertiary/aromatic N) is 2. The summed E-state index contributed by atoms with van der Waals surface area (Å²) in [6.45, 7) is 1.90. The molecule has 3 nitrogen and oxygen atoms in total. The molecular formula is C13H10N2OS. The van der Waals surface area contributed by atoms with E-state index < -0.39 is 0 Å². The molecule has 2 aromatic rings. The predicted molar refractivity (Wildman–Crippen MR) is 68.4 cm³/mol. The van der Waals surface area contributed by atoms with E-state index in [1.54, 1.807) is 30.3 Å². The SMILES string of the molecule is Cc1csc(C(C#N)=Cc2ccc(O)cc2)n1. The Bertz CT molecular complexity index is 591. The van der Waals surface area contributed by atoms with E-state index in [-0.39, 0.29) is 5.75 Å². The Hall–Kier alpha value is -2.12. The van der Waals surface area contributed by atoms with Gasteiger partial charge in [0.1, 0.15) is 16.8 Å². The molecule has 0 fully saturated rings. The number of hydrogen-bond acceptors (Lipinski definition) is 4. The lowest BCUT2D eigenvalue weighted by Gasteiger charge is -1.96. The fraction of sp³-hybridized carbons (Fsp3) is 0.0769. The third kappa shape index (κ3) is 2.71. The first-order chi connectivity index (χ1) is 8.19. The zero-order valence-corrected chi connectivity index (χ0v) is 10.0. The van der Waals surface area contributed by atoms with Crippen LogP contribution < -0.4 is 0 Å². The number of thiazole rings is 1. The van der Waals surface area contributed by atoms with Crippen LogP contribution in [0.25, 0.3) is 11.6 Å². The minimum absolute atomic E-state index is 0.214. The third-order valence-corrected chi connectivity index (χ3v) is 3.17. The smallest absolute Gasteiger partial charge is 0.134 e. The van der Waals surface area contributed by atoms with Crippen molar-refractivity contribution in [1.29, 1.82) is 5.26 Å². The number of allylic oxidation sites excluding steroid dienone is 1. The molecule has 0 radical (unpaired) electrons. The average molecular weight is 242 g/mol. The van der Waals surface area contributed by atoms with Crippen LogP contribution in [0.1, 0.15) is 16.3 Å². The van der Waals surface area contributed by atoms with Gasteiger partial charge in [-0.15, -0.1) is 11.3 Å². The fourth-order valence-electron chi connectivity index (χ4n) is 1.36. The van der Waals surface area contributed by atoms with Crippen molar-refractivity contribution in [3.8, 4) is 11.8 Å². The molecule has 17 heavy (non-hydrogen) atoms. The summed E-state index contributed by atoms with van der Waals surface area (Å²) < 4.78 is 0. The Balaban J connectivity index is 2.36. The Morgan fingerprint density at radius 1 is 1.41 bits per heavy atom. The molecule has 2 rings (SSSR count). The number of aromatic nitrogens is 1. The van der Waals surface area contributed by atoms with Crippen LogP contribution in [0.5, 0.6) is 5.75 Å². The summed E-state index contributed by atoms with van der Waals surface area (Å²) in [4.78, 5) is 4.27. The number of hydrogen-bond donors (Lipinski definition) is 1. The van der Waals surface area contributed by atoms with Gasteiger partial charge in [0, 0.05) is 11.1 Å². The Kier molecular flexibility index (Phi) is 3.22. The monoisotopic (exact) mass is 242 g/mol. The number of aryl methyl sites for hydroxylation is 1. The number of phenolic OH excluding ortho intramolecular Hbond substituents is 1. The van der Waals surface area contributed by atoms with E-state index in [2.05, 4.69) is 11.1 Å². The molecule has 0 unspecified atom stereocenters. The molecule has 0 aliphatic carbocycles. The van der Waals surface area contributed by atoms with Gasteiger partial charge in [0.25, 0.3) is 0 Å². The number of phenols is 1. The summed E-state index contributed by atoms with van der Waals surface area (Å²) in [5.41, 5.74) is 2.32. The molecule has 1 aromatic heterocycles. The van der Waals surface area contributed by atoms with Gasteiger partial charge in [-0.1, -0.05) is 12.1 Å². The van der Waals surface area contributed by atoms with Crippen LogP contribution in [0.15, 0.2) is 29.6 Å². The minimum atomic E-state index is 0.214. The molecule has 0 saturated heterocycles. The number of aromatic hydroxyl groups is 1. The van der Waals surface area contributed by atoms with E-state index in [0.717, 1.165) is 16.3 Å². The molecular weight excluding hydrogens is 232 g/mol. The maximum atomic E-state index is 9.17. The highest BCUT2D eigenvalue weighted by Crippen LogP contribution is 2.22. The van der Waals surface area contributed by atoms with Crippen molar-refractivity contribution in [2.75, 3.05) is 0 Å². The molecule has 0 spiro atoms.